The molecule has 4 heteroatoms. The van der Waals surface area contributed by atoms with Gasteiger partial charge in [0.1, 0.15) is 5.75 Å². The summed E-state index contributed by atoms with van der Waals surface area (Å²) in [7, 11) is 1.96. The van der Waals surface area contributed by atoms with Crippen molar-refractivity contribution in [3.05, 3.63) is 29.8 Å². The highest BCUT2D eigenvalue weighted by molar-refractivity contribution is 9.09. The molecule has 1 aromatic rings. The van der Waals surface area contributed by atoms with Crippen molar-refractivity contribution in [2.45, 2.75) is 48.9 Å². The Morgan fingerprint density at radius 3 is 2.81 bits per heavy atom. The number of nitrogens with zero attached hydrogens (tertiary/aromatic N) is 1. The quantitative estimate of drug-likeness (QED) is 0.760. The number of para-hydroxylation sites is 1. The maximum Gasteiger partial charge on any atom is 0.230 e. The number of carbonyl (C=O) groups excluding carboxylic acids is 1. The minimum Gasteiger partial charge on any atom is -0.493 e. The second-order valence-electron chi connectivity index (χ2n) is 6.04. The maximum absolute atomic E-state index is 13.0. The lowest BCUT2D eigenvalue weighted by Gasteiger charge is -2.38. The predicted octanol–water partition coefficient (Wildman–Crippen LogP) is 3.72. The number of hydrogen-bond donors (Lipinski definition) is 0. The molecule has 0 aromatic heterocycles. The van der Waals surface area contributed by atoms with Crippen LogP contribution in [0.1, 0.15) is 43.6 Å². The topological polar surface area (TPSA) is 29.5 Å². The first kappa shape index (κ1) is 14.9. The zero-order chi connectivity index (χ0) is 14.8. The molecule has 1 fully saturated rings. The highest BCUT2D eigenvalue weighted by Crippen LogP contribution is 2.36. The van der Waals surface area contributed by atoms with Gasteiger partial charge in [0.15, 0.2) is 0 Å². The molecular weight excluding hydrogens is 330 g/mol. The molecule has 1 aliphatic heterocycles. The molecule has 3 unspecified atom stereocenters. The summed E-state index contributed by atoms with van der Waals surface area (Å²) in [6.45, 7) is 0.629. The summed E-state index contributed by atoms with van der Waals surface area (Å²) in [5.41, 5.74) is 1.04. The van der Waals surface area contributed by atoms with Gasteiger partial charge in [-0.2, -0.15) is 0 Å². The van der Waals surface area contributed by atoms with E-state index in [1.807, 2.05) is 36.2 Å². The summed E-state index contributed by atoms with van der Waals surface area (Å²) in [5, 5.41) is 0. The summed E-state index contributed by atoms with van der Waals surface area (Å²) in [6.07, 6.45) is 5.51. The number of benzene rings is 1. The van der Waals surface area contributed by atoms with Gasteiger partial charge in [-0.15, -0.1) is 0 Å². The number of hydrogen-bond acceptors (Lipinski definition) is 2. The lowest BCUT2D eigenvalue weighted by atomic mass is 9.89. The van der Waals surface area contributed by atoms with Gasteiger partial charge in [-0.05, 0) is 25.3 Å². The van der Waals surface area contributed by atoms with Crippen LogP contribution in [-0.4, -0.2) is 35.3 Å². The Labute approximate surface area is 134 Å². The van der Waals surface area contributed by atoms with Crippen molar-refractivity contribution in [3.63, 3.8) is 0 Å². The van der Waals surface area contributed by atoms with Crippen LogP contribution < -0.4 is 4.74 Å². The molecule has 1 aliphatic carbocycles. The van der Waals surface area contributed by atoms with E-state index in [-0.39, 0.29) is 11.8 Å². The number of fused-ring (bicyclic) bond motifs is 1. The van der Waals surface area contributed by atoms with Crippen LogP contribution in [0.4, 0.5) is 0 Å². The fourth-order valence-electron chi connectivity index (χ4n) is 3.51. The number of ether oxygens (including phenoxy) is 1. The molecule has 3 nitrogen and oxygen atoms in total. The van der Waals surface area contributed by atoms with E-state index in [1.165, 1.54) is 12.8 Å². The van der Waals surface area contributed by atoms with E-state index in [0.29, 0.717) is 17.5 Å². The minimum absolute atomic E-state index is 0.0541. The Balaban J connectivity index is 1.79. The largest absolute Gasteiger partial charge is 0.493 e. The Hall–Kier alpha value is -1.03. The SMILES string of the molecule is CN(C(=O)C1CCOc2ccccc21)C1CCCCC1Br. The van der Waals surface area contributed by atoms with Gasteiger partial charge < -0.3 is 9.64 Å². The third-order valence-corrected chi connectivity index (χ3v) is 5.82. The number of carbonyl (C=O) groups is 1. The van der Waals surface area contributed by atoms with Crippen molar-refractivity contribution in [2.24, 2.45) is 0 Å². The summed E-state index contributed by atoms with van der Waals surface area (Å²) >= 11 is 3.76. The fourth-order valence-corrected chi connectivity index (χ4v) is 4.45. The monoisotopic (exact) mass is 351 g/mol. The molecule has 1 aromatic carbocycles. The van der Waals surface area contributed by atoms with Crippen LogP contribution in [0.2, 0.25) is 0 Å². The standard InChI is InChI=1S/C17H22BrNO2/c1-19(15-8-4-3-7-14(15)18)17(20)13-10-11-21-16-9-5-2-6-12(13)16/h2,5-6,9,13-15H,3-4,7-8,10-11H2,1H3. The van der Waals surface area contributed by atoms with Gasteiger partial charge in [-0.1, -0.05) is 47.0 Å². The van der Waals surface area contributed by atoms with Crippen LogP contribution in [0.15, 0.2) is 24.3 Å². The van der Waals surface area contributed by atoms with Crippen LogP contribution in [0, 0.1) is 0 Å². The van der Waals surface area contributed by atoms with E-state index >= 15 is 0 Å². The predicted molar refractivity (Wildman–Crippen MR) is 87.0 cm³/mol. The van der Waals surface area contributed by atoms with Crippen molar-refractivity contribution in [1.82, 2.24) is 4.90 Å². The van der Waals surface area contributed by atoms with Crippen molar-refractivity contribution in [1.29, 1.82) is 0 Å². The van der Waals surface area contributed by atoms with E-state index in [1.54, 1.807) is 0 Å². The first-order valence-electron chi connectivity index (χ1n) is 7.81. The van der Waals surface area contributed by atoms with Crippen molar-refractivity contribution < 1.29 is 9.53 Å². The molecule has 3 atom stereocenters. The molecule has 1 saturated carbocycles. The summed E-state index contributed by atoms with van der Waals surface area (Å²) in [6, 6.07) is 8.26. The van der Waals surface area contributed by atoms with Gasteiger partial charge >= 0.3 is 0 Å². The van der Waals surface area contributed by atoms with Crippen molar-refractivity contribution in [2.75, 3.05) is 13.7 Å². The molecule has 0 bridgehead atoms. The van der Waals surface area contributed by atoms with Crippen LogP contribution in [0.25, 0.3) is 0 Å². The smallest absolute Gasteiger partial charge is 0.230 e. The lowest BCUT2D eigenvalue weighted by molar-refractivity contribution is -0.134. The van der Waals surface area contributed by atoms with E-state index in [4.69, 9.17) is 4.74 Å². The van der Waals surface area contributed by atoms with Crippen LogP contribution in [0.3, 0.4) is 0 Å². The third-order valence-electron chi connectivity index (χ3n) is 4.75. The second-order valence-corrected chi connectivity index (χ2v) is 7.22. The van der Waals surface area contributed by atoms with E-state index in [9.17, 15) is 4.79 Å². The zero-order valence-corrected chi connectivity index (χ0v) is 14.0. The number of halogens is 1. The van der Waals surface area contributed by atoms with Gasteiger partial charge in [-0.25, -0.2) is 0 Å². The number of amides is 1. The molecule has 114 valence electrons. The van der Waals surface area contributed by atoms with Crippen molar-refractivity contribution in [3.8, 4) is 5.75 Å². The molecule has 1 amide bonds. The van der Waals surface area contributed by atoms with Gasteiger partial charge in [-0.3, -0.25) is 4.79 Å². The number of likely N-dealkylation sites (N-methyl/N-ethyl adjacent to an activating group) is 1. The van der Waals surface area contributed by atoms with Gasteiger partial charge in [0, 0.05) is 23.5 Å². The van der Waals surface area contributed by atoms with Crippen molar-refractivity contribution >= 4 is 21.8 Å². The molecule has 3 rings (SSSR count). The van der Waals surface area contributed by atoms with Crippen LogP contribution >= 0.6 is 15.9 Å². The van der Waals surface area contributed by atoms with Gasteiger partial charge in [0.2, 0.25) is 5.91 Å². The first-order chi connectivity index (χ1) is 10.2. The molecule has 0 spiro atoms. The Morgan fingerprint density at radius 2 is 2.00 bits per heavy atom. The van der Waals surface area contributed by atoms with Crippen LogP contribution in [0.5, 0.6) is 5.75 Å². The molecule has 2 aliphatic rings. The maximum atomic E-state index is 13.0. The van der Waals surface area contributed by atoms with E-state index < -0.39 is 0 Å². The Morgan fingerprint density at radius 1 is 1.24 bits per heavy atom. The van der Waals surface area contributed by atoms with Gasteiger partial charge in [0.25, 0.3) is 0 Å². The van der Waals surface area contributed by atoms with Gasteiger partial charge in [0.05, 0.1) is 12.5 Å². The number of rotatable bonds is 2. The summed E-state index contributed by atoms with van der Waals surface area (Å²) in [5.74, 6) is 1.05. The normalized spacial score (nSPS) is 28.4. The molecule has 0 saturated heterocycles. The second kappa shape index (κ2) is 6.39. The average molecular weight is 352 g/mol. The highest BCUT2D eigenvalue weighted by Gasteiger charge is 2.35. The third kappa shape index (κ3) is 2.96. The fraction of sp³-hybridized carbons (Fsp3) is 0.588. The zero-order valence-electron chi connectivity index (χ0n) is 12.4. The molecule has 1 heterocycles. The molecule has 21 heavy (non-hydrogen) atoms. The Bertz CT molecular complexity index is 519. The summed E-state index contributed by atoms with van der Waals surface area (Å²) in [4.78, 5) is 15.4. The first-order valence-corrected chi connectivity index (χ1v) is 8.72. The summed E-state index contributed by atoms with van der Waals surface area (Å²) < 4.78 is 5.67. The Kier molecular flexibility index (Phi) is 4.53. The lowest BCUT2D eigenvalue weighted by Crippen LogP contribution is -2.46. The highest BCUT2D eigenvalue weighted by atomic mass is 79.9. The average Bonchev–Trinajstić information content (AvgIpc) is 2.53. The number of alkyl halides is 1. The minimum atomic E-state index is -0.0541. The van der Waals surface area contributed by atoms with E-state index in [0.717, 1.165) is 30.6 Å². The molecular formula is C17H22BrNO2. The molecule has 0 N–H and O–H groups in total. The van der Waals surface area contributed by atoms with E-state index in [2.05, 4.69) is 15.9 Å². The van der Waals surface area contributed by atoms with Crippen LogP contribution in [-0.2, 0) is 4.79 Å². The molecule has 0 radical (unpaired) electrons.